The lowest BCUT2D eigenvalue weighted by molar-refractivity contribution is -0.156. The Kier molecular flexibility index (Phi) is 5.60. The number of hydrogen-bond acceptors (Lipinski definition) is 7. The van der Waals surface area contributed by atoms with E-state index >= 15 is 0 Å². The van der Waals surface area contributed by atoms with Crippen LogP contribution < -0.4 is 0 Å². The normalized spacial score (nSPS) is 10.5. The summed E-state index contributed by atoms with van der Waals surface area (Å²) in [4.78, 5) is 33.4. The topological polar surface area (TPSA) is 78.4 Å². The number of carbonyl (C=O) groups is 2. The molecule has 0 unspecified atom stereocenters. The van der Waals surface area contributed by atoms with Gasteiger partial charge in [-0.15, -0.1) is 11.3 Å². The molecule has 2 aromatic heterocycles. The molecule has 0 bridgehead atoms. The highest BCUT2D eigenvalue weighted by Crippen LogP contribution is 2.33. The van der Waals surface area contributed by atoms with Crippen molar-refractivity contribution in [3.8, 4) is 10.7 Å². The zero-order valence-corrected chi connectivity index (χ0v) is 13.1. The fourth-order valence-electron chi connectivity index (χ4n) is 1.95. The van der Waals surface area contributed by atoms with Crippen LogP contribution in [0, 0.1) is 0 Å². The second kappa shape index (κ2) is 7.65. The van der Waals surface area contributed by atoms with Gasteiger partial charge in [-0.05, 0) is 36.9 Å². The molecule has 0 aliphatic heterocycles. The zero-order valence-electron chi connectivity index (χ0n) is 12.3. The Morgan fingerprint density at radius 2 is 1.73 bits per heavy atom. The van der Waals surface area contributed by atoms with Gasteiger partial charge >= 0.3 is 11.9 Å². The van der Waals surface area contributed by atoms with Crippen LogP contribution in [0.5, 0.6) is 0 Å². The first-order valence-corrected chi connectivity index (χ1v) is 7.75. The van der Waals surface area contributed by atoms with Gasteiger partial charge in [0.25, 0.3) is 0 Å². The zero-order chi connectivity index (χ0) is 15.9. The molecule has 0 aromatic carbocycles. The highest BCUT2D eigenvalue weighted by atomic mass is 32.1. The third-order valence-corrected chi connectivity index (χ3v) is 3.75. The van der Waals surface area contributed by atoms with Gasteiger partial charge in [0.05, 0.1) is 18.1 Å². The van der Waals surface area contributed by atoms with Crippen molar-refractivity contribution in [2.75, 3.05) is 13.2 Å². The van der Waals surface area contributed by atoms with Crippen LogP contribution in [0.3, 0.4) is 0 Å². The number of aromatic nitrogens is 2. The van der Waals surface area contributed by atoms with E-state index in [1.54, 1.807) is 43.8 Å². The van der Waals surface area contributed by atoms with Crippen LogP contribution in [0.15, 0.2) is 29.9 Å². The van der Waals surface area contributed by atoms with Crippen molar-refractivity contribution in [1.82, 2.24) is 9.97 Å². The van der Waals surface area contributed by atoms with Gasteiger partial charge in [0.15, 0.2) is 11.7 Å². The summed E-state index contributed by atoms with van der Waals surface area (Å²) < 4.78 is 10.0. The number of rotatable bonds is 6. The molecule has 0 aliphatic rings. The SMILES string of the molecule is CCOC(=O)C(C(=O)OCC)c1ccsc1-c1ncccn1. The van der Waals surface area contributed by atoms with E-state index in [1.807, 2.05) is 0 Å². The molecule has 0 atom stereocenters. The number of esters is 2. The summed E-state index contributed by atoms with van der Waals surface area (Å²) in [6, 6.07) is 3.40. The molecule has 0 N–H and O–H groups in total. The number of ether oxygens (including phenoxy) is 2. The molecule has 7 heteroatoms. The smallest absolute Gasteiger partial charge is 0.324 e. The van der Waals surface area contributed by atoms with Crippen molar-refractivity contribution in [3.05, 3.63) is 35.5 Å². The first-order valence-electron chi connectivity index (χ1n) is 6.87. The van der Waals surface area contributed by atoms with Crippen molar-refractivity contribution in [2.24, 2.45) is 0 Å². The summed E-state index contributed by atoms with van der Waals surface area (Å²) >= 11 is 1.36. The maximum Gasteiger partial charge on any atom is 0.324 e. The van der Waals surface area contributed by atoms with Crippen LogP contribution >= 0.6 is 11.3 Å². The Morgan fingerprint density at radius 3 is 2.27 bits per heavy atom. The minimum atomic E-state index is -1.12. The highest BCUT2D eigenvalue weighted by molar-refractivity contribution is 7.13. The van der Waals surface area contributed by atoms with E-state index in [0.29, 0.717) is 16.3 Å². The van der Waals surface area contributed by atoms with Gasteiger partial charge in [-0.1, -0.05) is 0 Å². The van der Waals surface area contributed by atoms with E-state index in [1.165, 1.54) is 11.3 Å². The van der Waals surface area contributed by atoms with Crippen LogP contribution in [0.1, 0.15) is 25.3 Å². The minimum absolute atomic E-state index is 0.191. The lowest BCUT2D eigenvalue weighted by Gasteiger charge is -2.14. The van der Waals surface area contributed by atoms with Gasteiger partial charge in [0.1, 0.15) is 0 Å². The van der Waals surface area contributed by atoms with Crippen molar-refractivity contribution in [3.63, 3.8) is 0 Å². The molecule has 0 saturated heterocycles. The molecule has 0 spiro atoms. The lowest BCUT2D eigenvalue weighted by atomic mass is 9.99. The molecule has 0 radical (unpaired) electrons. The number of thiophene rings is 1. The second-order valence-electron chi connectivity index (χ2n) is 4.21. The number of hydrogen-bond donors (Lipinski definition) is 0. The highest BCUT2D eigenvalue weighted by Gasteiger charge is 2.34. The van der Waals surface area contributed by atoms with Crippen molar-refractivity contribution < 1.29 is 19.1 Å². The summed E-state index contributed by atoms with van der Waals surface area (Å²) in [5, 5.41) is 1.78. The van der Waals surface area contributed by atoms with E-state index in [9.17, 15) is 9.59 Å². The molecule has 116 valence electrons. The van der Waals surface area contributed by atoms with Gasteiger partial charge in [-0.25, -0.2) is 9.97 Å². The van der Waals surface area contributed by atoms with Crippen LogP contribution in [-0.2, 0) is 19.1 Å². The average molecular weight is 320 g/mol. The van der Waals surface area contributed by atoms with Gasteiger partial charge in [0, 0.05) is 12.4 Å². The monoisotopic (exact) mass is 320 g/mol. The van der Waals surface area contributed by atoms with Crippen LogP contribution in [0.2, 0.25) is 0 Å². The molecular formula is C15H16N2O4S. The van der Waals surface area contributed by atoms with E-state index in [0.717, 1.165) is 0 Å². The summed E-state index contributed by atoms with van der Waals surface area (Å²) in [7, 11) is 0. The third-order valence-electron chi connectivity index (χ3n) is 2.82. The Bertz CT molecular complexity index is 624. The molecular weight excluding hydrogens is 304 g/mol. The standard InChI is InChI=1S/C15H16N2O4S/c1-3-20-14(18)11(15(19)21-4-2)10-6-9-22-12(10)13-16-7-5-8-17-13/h5-9,11H,3-4H2,1-2H3. The van der Waals surface area contributed by atoms with E-state index in [-0.39, 0.29) is 13.2 Å². The summed E-state index contributed by atoms with van der Waals surface area (Å²) in [6.07, 6.45) is 3.21. The maximum atomic E-state index is 12.2. The third kappa shape index (κ3) is 3.48. The van der Waals surface area contributed by atoms with Crippen molar-refractivity contribution in [1.29, 1.82) is 0 Å². The van der Waals surface area contributed by atoms with E-state index in [4.69, 9.17) is 9.47 Å². The molecule has 6 nitrogen and oxygen atoms in total. The Balaban J connectivity index is 2.42. The van der Waals surface area contributed by atoms with Crippen molar-refractivity contribution in [2.45, 2.75) is 19.8 Å². The van der Waals surface area contributed by atoms with Crippen LogP contribution in [0.25, 0.3) is 10.7 Å². The van der Waals surface area contributed by atoms with Gasteiger partial charge in [-0.3, -0.25) is 9.59 Å². The van der Waals surface area contributed by atoms with Crippen LogP contribution in [0.4, 0.5) is 0 Å². The molecule has 2 aromatic rings. The van der Waals surface area contributed by atoms with Gasteiger partial charge in [-0.2, -0.15) is 0 Å². The Hall–Kier alpha value is -2.28. The van der Waals surface area contributed by atoms with Gasteiger partial charge < -0.3 is 9.47 Å². The second-order valence-corrected chi connectivity index (χ2v) is 5.13. The molecule has 0 fully saturated rings. The Morgan fingerprint density at radius 1 is 1.14 bits per heavy atom. The summed E-state index contributed by atoms with van der Waals surface area (Å²) in [5.74, 6) is -1.91. The number of nitrogens with zero attached hydrogens (tertiary/aromatic N) is 2. The first kappa shape index (κ1) is 16.1. The molecule has 0 aliphatic carbocycles. The average Bonchev–Trinajstić information content (AvgIpc) is 2.98. The fraction of sp³-hybridized carbons (Fsp3) is 0.333. The fourth-order valence-corrected chi connectivity index (χ4v) is 2.83. The molecule has 2 heterocycles. The summed E-state index contributed by atoms with van der Waals surface area (Å²) in [5.41, 5.74) is 0.508. The number of carbonyl (C=O) groups excluding carboxylic acids is 2. The Labute approximate surface area is 132 Å². The summed E-state index contributed by atoms with van der Waals surface area (Å²) in [6.45, 7) is 3.76. The molecule has 22 heavy (non-hydrogen) atoms. The predicted octanol–water partition coefficient (Wildman–Crippen LogP) is 2.41. The van der Waals surface area contributed by atoms with Crippen LogP contribution in [-0.4, -0.2) is 35.1 Å². The molecule has 0 saturated carbocycles. The van der Waals surface area contributed by atoms with E-state index in [2.05, 4.69) is 9.97 Å². The molecule has 0 amide bonds. The maximum absolute atomic E-state index is 12.2. The quantitative estimate of drug-likeness (QED) is 0.601. The first-order chi connectivity index (χ1) is 10.7. The van der Waals surface area contributed by atoms with Gasteiger partial charge in [0.2, 0.25) is 0 Å². The van der Waals surface area contributed by atoms with Crippen molar-refractivity contribution >= 4 is 23.3 Å². The van der Waals surface area contributed by atoms with E-state index < -0.39 is 17.9 Å². The molecule has 2 rings (SSSR count). The lowest BCUT2D eigenvalue weighted by Crippen LogP contribution is -2.26. The predicted molar refractivity (Wildman–Crippen MR) is 81.4 cm³/mol. The minimum Gasteiger partial charge on any atom is -0.465 e. The largest absolute Gasteiger partial charge is 0.465 e.